The molecule has 3 nitrogen and oxygen atoms in total. The van der Waals surface area contributed by atoms with Crippen molar-refractivity contribution in [2.45, 2.75) is 31.6 Å². The Balaban J connectivity index is 2.70. The normalized spacial score (nSPS) is 16.7. The number of alkyl halides is 2. The zero-order chi connectivity index (χ0) is 14.1. The van der Waals surface area contributed by atoms with Gasteiger partial charge in [-0.2, -0.15) is 0 Å². The third-order valence-electron chi connectivity index (χ3n) is 3.13. The van der Waals surface area contributed by atoms with E-state index in [1.807, 2.05) is 24.3 Å². The van der Waals surface area contributed by atoms with Gasteiger partial charge >= 0.3 is 0 Å². The molecule has 0 aromatic rings. The first-order chi connectivity index (χ1) is 9.09. The number of nitrogens with one attached hydrogen (secondary N) is 1. The minimum absolute atomic E-state index is 0.225. The molecular weight excluding hydrogens is 248 g/mol. The van der Waals surface area contributed by atoms with E-state index in [0.29, 0.717) is 13.0 Å². The quantitative estimate of drug-likeness (QED) is 0.593. The Hall–Kier alpha value is -1.20. The average molecular weight is 271 g/mol. The molecule has 1 aliphatic heterocycles. The van der Waals surface area contributed by atoms with Crippen molar-refractivity contribution < 1.29 is 8.78 Å². The van der Waals surface area contributed by atoms with Gasteiger partial charge in [-0.05, 0) is 31.5 Å². The van der Waals surface area contributed by atoms with E-state index in [2.05, 4.69) is 5.32 Å². The number of rotatable bonds is 8. The summed E-state index contributed by atoms with van der Waals surface area (Å²) < 4.78 is 27.1. The first-order valence-electron chi connectivity index (χ1n) is 6.67. The number of halogens is 2. The summed E-state index contributed by atoms with van der Waals surface area (Å²) in [5, 5.41) is 3.07. The third kappa shape index (κ3) is 5.98. The highest BCUT2D eigenvalue weighted by atomic mass is 19.3. The molecule has 0 aromatic heterocycles. The number of allylic oxidation sites excluding steroid dienone is 5. The molecule has 0 fully saturated rings. The summed E-state index contributed by atoms with van der Waals surface area (Å²) in [7, 11) is 0. The molecule has 1 rings (SSSR count). The molecule has 0 saturated carbocycles. The standard InChI is InChI=1S/C14H23F2N3/c15-14(16,11-18)10-12(6-3-4-8-17)13-7-2-1-5-9-19-13/h1-2,5,7,9,12,19H,3-4,6,8,10-11,17-18H2. The van der Waals surface area contributed by atoms with E-state index in [-0.39, 0.29) is 12.3 Å². The van der Waals surface area contributed by atoms with Crippen LogP contribution in [0.15, 0.2) is 36.2 Å². The minimum Gasteiger partial charge on any atom is -0.365 e. The van der Waals surface area contributed by atoms with Crippen LogP contribution >= 0.6 is 0 Å². The maximum atomic E-state index is 13.5. The molecule has 0 bridgehead atoms. The highest BCUT2D eigenvalue weighted by Gasteiger charge is 2.32. The van der Waals surface area contributed by atoms with Crippen LogP contribution in [-0.2, 0) is 0 Å². The van der Waals surface area contributed by atoms with Crippen LogP contribution < -0.4 is 16.8 Å². The highest BCUT2D eigenvalue weighted by Crippen LogP contribution is 2.30. The van der Waals surface area contributed by atoms with Gasteiger partial charge in [-0.25, -0.2) is 8.78 Å². The topological polar surface area (TPSA) is 64.1 Å². The summed E-state index contributed by atoms with van der Waals surface area (Å²) in [5.74, 6) is -3.05. The molecule has 1 aliphatic rings. The van der Waals surface area contributed by atoms with Crippen LogP contribution in [0, 0.1) is 5.92 Å². The van der Waals surface area contributed by atoms with E-state index in [1.165, 1.54) is 0 Å². The van der Waals surface area contributed by atoms with Crippen molar-refractivity contribution in [2.75, 3.05) is 13.1 Å². The van der Waals surface area contributed by atoms with Crippen molar-refractivity contribution in [1.82, 2.24) is 5.32 Å². The Morgan fingerprint density at radius 2 is 1.95 bits per heavy atom. The molecule has 0 aromatic carbocycles. The summed E-state index contributed by atoms with van der Waals surface area (Å²) in [4.78, 5) is 0. The SMILES string of the molecule is NCCCCC(CC(F)(F)CN)C1=CC=CC=CN1. The van der Waals surface area contributed by atoms with E-state index >= 15 is 0 Å². The molecule has 5 heteroatoms. The molecule has 0 amide bonds. The average Bonchev–Trinajstić information content (AvgIpc) is 2.66. The fraction of sp³-hybridized carbons (Fsp3) is 0.571. The Labute approximate surface area is 113 Å². The van der Waals surface area contributed by atoms with Crippen LogP contribution in [0.1, 0.15) is 25.7 Å². The Bertz CT molecular complexity index is 349. The third-order valence-corrected chi connectivity index (χ3v) is 3.13. The summed E-state index contributed by atoms with van der Waals surface area (Å²) in [6.45, 7) is -0.0222. The number of hydrogen-bond donors (Lipinski definition) is 3. The lowest BCUT2D eigenvalue weighted by atomic mass is 9.91. The molecule has 108 valence electrons. The highest BCUT2D eigenvalue weighted by molar-refractivity contribution is 5.23. The van der Waals surface area contributed by atoms with Crippen molar-refractivity contribution >= 4 is 0 Å². The van der Waals surface area contributed by atoms with Gasteiger partial charge in [-0.1, -0.05) is 18.6 Å². The number of hydrogen-bond acceptors (Lipinski definition) is 3. The van der Waals surface area contributed by atoms with Gasteiger partial charge < -0.3 is 16.8 Å². The monoisotopic (exact) mass is 271 g/mol. The summed E-state index contributed by atoms with van der Waals surface area (Å²) >= 11 is 0. The number of nitrogens with two attached hydrogens (primary N) is 2. The van der Waals surface area contributed by atoms with Crippen LogP contribution in [0.4, 0.5) is 8.78 Å². The van der Waals surface area contributed by atoms with Crippen molar-refractivity contribution in [1.29, 1.82) is 0 Å². The second-order valence-corrected chi connectivity index (χ2v) is 4.76. The smallest absolute Gasteiger partial charge is 0.260 e. The second-order valence-electron chi connectivity index (χ2n) is 4.76. The lowest BCUT2D eigenvalue weighted by Gasteiger charge is -2.24. The summed E-state index contributed by atoms with van der Waals surface area (Å²) in [6.07, 6.45) is 11.3. The molecule has 0 radical (unpaired) electrons. The van der Waals surface area contributed by atoms with Crippen LogP contribution in [0.5, 0.6) is 0 Å². The van der Waals surface area contributed by atoms with Crippen molar-refractivity contribution in [2.24, 2.45) is 17.4 Å². The van der Waals surface area contributed by atoms with Crippen molar-refractivity contribution in [3.63, 3.8) is 0 Å². The van der Waals surface area contributed by atoms with Crippen LogP contribution in [0.3, 0.4) is 0 Å². The van der Waals surface area contributed by atoms with Gasteiger partial charge in [0.05, 0.1) is 6.54 Å². The minimum atomic E-state index is -2.82. The maximum absolute atomic E-state index is 13.5. The van der Waals surface area contributed by atoms with E-state index < -0.39 is 12.5 Å². The Morgan fingerprint density at radius 3 is 2.63 bits per heavy atom. The van der Waals surface area contributed by atoms with Crippen LogP contribution in [0.25, 0.3) is 0 Å². The Kier molecular flexibility index (Phi) is 6.73. The van der Waals surface area contributed by atoms with Gasteiger partial charge in [0, 0.05) is 24.2 Å². The predicted octanol–water partition coefficient (Wildman–Crippen LogP) is 2.27. The fourth-order valence-electron chi connectivity index (χ4n) is 2.07. The molecule has 19 heavy (non-hydrogen) atoms. The molecule has 0 aliphatic carbocycles. The van der Waals surface area contributed by atoms with Gasteiger partial charge in [-0.3, -0.25) is 0 Å². The molecule has 5 N–H and O–H groups in total. The summed E-state index contributed by atoms with van der Waals surface area (Å²) in [6, 6.07) is 0. The molecule has 1 unspecified atom stereocenters. The molecule has 1 heterocycles. The zero-order valence-electron chi connectivity index (χ0n) is 11.1. The van der Waals surface area contributed by atoms with Gasteiger partial charge in [0.1, 0.15) is 0 Å². The van der Waals surface area contributed by atoms with E-state index in [1.54, 1.807) is 6.20 Å². The molecule has 1 atom stereocenters. The Morgan fingerprint density at radius 1 is 1.16 bits per heavy atom. The number of unbranched alkanes of at least 4 members (excludes halogenated alkanes) is 1. The first kappa shape index (κ1) is 15.9. The van der Waals surface area contributed by atoms with Gasteiger partial charge in [0.15, 0.2) is 0 Å². The molecule has 0 saturated heterocycles. The van der Waals surface area contributed by atoms with Gasteiger partial charge in [0.2, 0.25) is 0 Å². The lowest BCUT2D eigenvalue weighted by Crippen LogP contribution is -2.32. The maximum Gasteiger partial charge on any atom is 0.260 e. The van der Waals surface area contributed by atoms with Gasteiger partial charge in [0.25, 0.3) is 5.92 Å². The predicted molar refractivity (Wildman–Crippen MR) is 74.5 cm³/mol. The first-order valence-corrected chi connectivity index (χ1v) is 6.67. The fourth-order valence-corrected chi connectivity index (χ4v) is 2.07. The summed E-state index contributed by atoms with van der Waals surface area (Å²) in [5.41, 5.74) is 11.4. The van der Waals surface area contributed by atoms with E-state index in [0.717, 1.165) is 18.5 Å². The zero-order valence-corrected chi connectivity index (χ0v) is 11.1. The largest absolute Gasteiger partial charge is 0.365 e. The molecular formula is C14H23F2N3. The van der Waals surface area contributed by atoms with E-state index in [4.69, 9.17) is 11.5 Å². The van der Waals surface area contributed by atoms with Crippen LogP contribution in [-0.4, -0.2) is 19.0 Å². The van der Waals surface area contributed by atoms with Crippen molar-refractivity contribution in [3.05, 3.63) is 36.2 Å². The van der Waals surface area contributed by atoms with Crippen molar-refractivity contribution in [3.8, 4) is 0 Å². The molecule has 0 spiro atoms. The van der Waals surface area contributed by atoms with Crippen LogP contribution in [0.2, 0.25) is 0 Å². The second kappa shape index (κ2) is 8.07. The van der Waals surface area contributed by atoms with Gasteiger partial charge in [-0.15, -0.1) is 0 Å². The van der Waals surface area contributed by atoms with E-state index in [9.17, 15) is 8.78 Å². The lowest BCUT2D eigenvalue weighted by molar-refractivity contribution is -0.0111.